The minimum Gasteiger partial charge on any atom is -0.367 e. The standard InChI is InChI=1S/C27H29ClN4O3/c28-22-9-3-5-11-24(22)29-14-16-31(17-15-29)27(35)26(34)21-18-32(23-10-4-2-8-20(21)23)19-25(33)30-12-6-1-7-13-30/h2-5,8-11,18H,1,6-7,12-17,19H2. The average molecular weight is 493 g/mol. The van der Waals surface area contributed by atoms with Crippen LogP contribution in [0.5, 0.6) is 0 Å². The van der Waals surface area contributed by atoms with Crippen molar-refractivity contribution in [3.05, 3.63) is 65.3 Å². The molecule has 0 unspecified atom stereocenters. The van der Waals surface area contributed by atoms with Crippen LogP contribution in [0, 0.1) is 0 Å². The number of hydrogen-bond donors (Lipinski definition) is 0. The van der Waals surface area contributed by atoms with Gasteiger partial charge in [-0.1, -0.05) is 41.9 Å². The molecule has 2 aliphatic rings. The maximum atomic E-state index is 13.3. The first-order valence-electron chi connectivity index (χ1n) is 12.2. The lowest BCUT2D eigenvalue weighted by molar-refractivity contribution is -0.132. The third-order valence-corrected chi connectivity index (χ3v) is 7.32. The molecule has 7 nitrogen and oxygen atoms in total. The lowest BCUT2D eigenvalue weighted by atomic mass is 10.1. The number of ketones is 1. The number of likely N-dealkylation sites (tertiary alicyclic amines) is 1. The summed E-state index contributed by atoms with van der Waals surface area (Å²) >= 11 is 6.32. The number of nitrogens with zero attached hydrogens (tertiary/aromatic N) is 4. The number of rotatable bonds is 5. The topological polar surface area (TPSA) is 65.9 Å². The van der Waals surface area contributed by atoms with Gasteiger partial charge < -0.3 is 19.3 Å². The highest BCUT2D eigenvalue weighted by molar-refractivity contribution is 6.45. The van der Waals surface area contributed by atoms with Crippen LogP contribution in [0.2, 0.25) is 5.02 Å². The van der Waals surface area contributed by atoms with Crippen molar-refractivity contribution in [3.63, 3.8) is 0 Å². The van der Waals surface area contributed by atoms with Gasteiger partial charge in [-0.3, -0.25) is 14.4 Å². The second-order valence-electron chi connectivity index (χ2n) is 9.19. The first kappa shape index (κ1) is 23.4. The second kappa shape index (κ2) is 10.1. The number of benzene rings is 2. The summed E-state index contributed by atoms with van der Waals surface area (Å²) < 4.78 is 1.81. The van der Waals surface area contributed by atoms with Crippen molar-refractivity contribution in [3.8, 4) is 0 Å². The Kier molecular flexibility index (Phi) is 6.77. The van der Waals surface area contributed by atoms with E-state index in [1.54, 1.807) is 11.1 Å². The van der Waals surface area contributed by atoms with E-state index in [4.69, 9.17) is 11.6 Å². The molecule has 0 atom stereocenters. The van der Waals surface area contributed by atoms with Crippen LogP contribution in [-0.4, -0.2) is 71.2 Å². The van der Waals surface area contributed by atoms with Gasteiger partial charge in [0.1, 0.15) is 6.54 Å². The molecule has 0 N–H and O–H groups in total. The van der Waals surface area contributed by atoms with E-state index < -0.39 is 11.7 Å². The maximum Gasteiger partial charge on any atom is 0.295 e. The minimum atomic E-state index is -0.531. The normalized spacial score (nSPS) is 16.5. The van der Waals surface area contributed by atoms with Crippen molar-refractivity contribution in [1.82, 2.24) is 14.4 Å². The van der Waals surface area contributed by atoms with Crippen molar-refractivity contribution in [2.24, 2.45) is 0 Å². The molecule has 2 aromatic carbocycles. The molecule has 8 heteroatoms. The maximum absolute atomic E-state index is 13.3. The van der Waals surface area contributed by atoms with E-state index in [-0.39, 0.29) is 12.5 Å². The predicted molar refractivity (Wildman–Crippen MR) is 137 cm³/mol. The smallest absolute Gasteiger partial charge is 0.295 e. The zero-order valence-corrected chi connectivity index (χ0v) is 20.4. The quantitative estimate of drug-likeness (QED) is 0.401. The fourth-order valence-corrected chi connectivity index (χ4v) is 5.32. The van der Waals surface area contributed by atoms with Gasteiger partial charge in [-0.05, 0) is 37.5 Å². The van der Waals surface area contributed by atoms with Gasteiger partial charge in [0.15, 0.2) is 0 Å². The number of carbonyl (C=O) groups is 3. The Morgan fingerprint density at radius 1 is 0.771 bits per heavy atom. The number of amides is 2. The van der Waals surface area contributed by atoms with Crippen molar-refractivity contribution in [2.45, 2.75) is 25.8 Å². The van der Waals surface area contributed by atoms with E-state index in [0.717, 1.165) is 43.6 Å². The molecule has 3 aromatic rings. The van der Waals surface area contributed by atoms with Crippen molar-refractivity contribution in [2.75, 3.05) is 44.2 Å². The molecule has 0 saturated carbocycles. The SMILES string of the molecule is O=C(C(=O)N1CCN(c2ccccc2Cl)CC1)c1cn(CC(=O)N2CCCCC2)c2ccccc12. The molecule has 182 valence electrons. The van der Waals surface area contributed by atoms with E-state index in [0.29, 0.717) is 42.2 Å². The highest BCUT2D eigenvalue weighted by atomic mass is 35.5. The number of aromatic nitrogens is 1. The minimum absolute atomic E-state index is 0.0477. The highest BCUT2D eigenvalue weighted by Crippen LogP contribution is 2.27. The van der Waals surface area contributed by atoms with Gasteiger partial charge in [0.2, 0.25) is 5.91 Å². The van der Waals surface area contributed by atoms with Crippen molar-refractivity contribution in [1.29, 1.82) is 0 Å². The van der Waals surface area contributed by atoms with E-state index >= 15 is 0 Å². The summed E-state index contributed by atoms with van der Waals surface area (Å²) in [6.07, 6.45) is 4.89. The third-order valence-electron chi connectivity index (χ3n) is 7.00. The van der Waals surface area contributed by atoms with Gasteiger partial charge in [-0.25, -0.2) is 0 Å². The Bertz CT molecular complexity index is 1260. The van der Waals surface area contributed by atoms with E-state index in [1.165, 1.54) is 0 Å². The van der Waals surface area contributed by atoms with Gasteiger partial charge in [0.05, 0.1) is 16.3 Å². The van der Waals surface area contributed by atoms with Gasteiger partial charge in [-0.15, -0.1) is 0 Å². The number of carbonyl (C=O) groups excluding carboxylic acids is 3. The summed E-state index contributed by atoms with van der Waals surface area (Å²) in [5, 5.41) is 1.38. The molecule has 0 spiro atoms. The second-order valence-corrected chi connectivity index (χ2v) is 9.60. The van der Waals surface area contributed by atoms with Crippen LogP contribution in [0.3, 0.4) is 0 Å². The number of halogens is 1. The molecule has 2 aliphatic heterocycles. The fraction of sp³-hybridized carbons (Fsp3) is 0.370. The molecular weight excluding hydrogens is 464 g/mol. The molecule has 35 heavy (non-hydrogen) atoms. The van der Waals surface area contributed by atoms with E-state index in [2.05, 4.69) is 4.90 Å². The molecule has 2 saturated heterocycles. The summed E-state index contributed by atoms with van der Waals surface area (Å²) in [6.45, 7) is 3.83. The molecule has 5 rings (SSSR count). The molecular formula is C27H29ClN4O3. The summed E-state index contributed by atoms with van der Waals surface area (Å²) in [6, 6.07) is 15.1. The molecule has 0 bridgehead atoms. The monoisotopic (exact) mass is 492 g/mol. The molecule has 0 radical (unpaired) electrons. The predicted octanol–water partition coefficient (Wildman–Crippen LogP) is 3.84. The first-order chi connectivity index (χ1) is 17.0. The first-order valence-corrected chi connectivity index (χ1v) is 12.6. The van der Waals surface area contributed by atoms with E-state index in [1.807, 2.05) is 58.0 Å². The number of Topliss-reactive ketones (excluding diaryl/α,β-unsaturated/α-hetero) is 1. The number of para-hydroxylation sites is 2. The van der Waals surface area contributed by atoms with Gasteiger partial charge in [-0.2, -0.15) is 0 Å². The fourth-order valence-electron chi connectivity index (χ4n) is 5.06. The van der Waals surface area contributed by atoms with Crippen molar-refractivity contribution < 1.29 is 14.4 Å². The summed E-state index contributed by atoms with van der Waals surface area (Å²) in [5.74, 6) is -0.989. The lowest BCUT2D eigenvalue weighted by Crippen LogP contribution is -2.50. The average Bonchev–Trinajstić information content (AvgIpc) is 3.27. The summed E-state index contributed by atoms with van der Waals surface area (Å²) in [4.78, 5) is 45.0. The molecule has 0 aliphatic carbocycles. The van der Waals surface area contributed by atoms with Crippen LogP contribution in [-0.2, 0) is 16.1 Å². The molecule has 3 heterocycles. The number of hydrogen-bond acceptors (Lipinski definition) is 4. The Hall–Kier alpha value is -3.32. The zero-order valence-electron chi connectivity index (χ0n) is 19.7. The Labute approximate surface area is 209 Å². The largest absolute Gasteiger partial charge is 0.367 e. The van der Waals surface area contributed by atoms with Crippen LogP contribution in [0.15, 0.2) is 54.7 Å². The van der Waals surface area contributed by atoms with Crippen LogP contribution in [0.4, 0.5) is 5.69 Å². The lowest BCUT2D eigenvalue weighted by Gasteiger charge is -2.36. The number of anilines is 1. The Balaban J connectivity index is 1.31. The Morgan fingerprint density at radius 3 is 2.20 bits per heavy atom. The molecule has 2 amide bonds. The van der Waals surface area contributed by atoms with Crippen LogP contribution < -0.4 is 4.90 Å². The van der Waals surface area contributed by atoms with Crippen LogP contribution >= 0.6 is 11.6 Å². The van der Waals surface area contributed by atoms with E-state index in [9.17, 15) is 14.4 Å². The van der Waals surface area contributed by atoms with Gasteiger partial charge in [0, 0.05) is 56.4 Å². The number of piperidine rings is 1. The zero-order chi connectivity index (χ0) is 24.4. The third kappa shape index (κ3) is 4.78. The summed E-state index contributed by atoms with van der Waals surface area (Å²) in [5.41, 5.74) is 2.08. The Morgan fingerprint density at radius 2 is 1.46 bits per heavy atom. The molecule has 1 aromatic heterocycles. The van der Waals surface area contributed by atoms with Crippen LogP contribution in [0.1, 0.15) is 29.6 Å². The van der Waals surface area contributed by atoms with Crippen molar-refractivity contribution >= 4 is 45.8 Å². The van der Waals surface area contributed by atoms with Gasteiger partial charge >= 0.3 is 0 Å². The summed E-state index contributed by atoms with van der Waals surface area (Å²) in [7, 11) is 0. The number of fused-ring (bicyclic) bond motifs is 1. The highest BCUT2D eigenvalue weighted by Gasteiger charge is 2.30. The number of piperazine rings is 1. The van der Waals surface area contributed by atoms with Gasteiger partial charge in [0.25, 0.3) is 11.7 Å². The molecule has 2 fully saturated rings. The van der Waals surface area contributed by atoms with Crippen LogP contribution in [0.25, 0.3) is 10.9 Å².